The SMILES string of the molecule is CCC(C)[C@H](CC(=O)[C@H](C)N)C(=O)O[C@@H]1CC[C@@]2(C)[C@@H](CC[C@@H]3[C@@H]2CC[C@]2(C)[C@@H](C(C)=O)CC[C@@H]32)C1. The summed E-state index contributed by atoms with van der Waals surface area (Å²) in [4.78, 5) is 38.0. The van der Waals surface area contributed by atoms with E-state index in [0.29, 0.717) is 23.0 Å². The largest absolute Gasteiger partial charge is 0.462 e. The van der Waals surface area contributed by atoms with Crippen molar-refractivity contribution in [2.75, 3.05) is 0 Å². The highest BCUT2D eigenvalue weighted by molar-refractivity contribution is 5.88. The van der Waals surface area contributed by atoms with Gasteiger partial charge < -0.3 is 10.5 Å². The summed E-state index contributed by atoms with van der Waals surface area (Å²) in [7, 11) is 0. The van der Waals surface area contributed by atoms with Crippen LogP contribution in [0.2, 0.25) is 0 Å². The van der Waals surface area contributed by atoms with Gasteiger partial charge in [0.05, 0.1) is 12.0 Å². The minimum Gasteiger partial charge on any atom is -0.462 e. The van der Waals surface area contributed by atoms with Crippen LogP contribution in [0.3, 0.4) is 0 Å². The topological polar surface area (TPSA) is 86.5 Å². The van der Waals surface area contributed by atoms with Gasteiger partial charge in [-0.3, -0.25) is 14.4 Å². The molecular formula is C31H51NO4. The second-order valence-corrected chi connectivity index (χ2v) is 13.7. The molecule has 4 aliphatic carbocycles. The molecule has 204 valence electrons. The summed E-state index contributed by atoms with van der Waals surface area (Å²) in [5.41, 5.74) is 6.30. The Kier molecular flexibility index (Phi) is 8.11. The summed E-state index contributed by atoms with van der Waals surface area (Å²) in [6, 6.07) is -0.544. The highest BCUT2D eigenvalue weighted by Gasteiger charge is 2.61. The molecule has 4 rings (SSSR count). The first-order valence-electron chi connectivity index (χ1n) is 14.9. The zero-order valence-electron chi connectivity index (χ0n) is 23.7. The molecule has 0 saturated heterocycles. The van der Waals surface area contributed by atoms with E-state index in [1.54, 1.807) is 6.92 Å². The third-order valence-corrected chi connectivity index (χ3v) is 12.0. The fraction of sp³-hybridized carbons (Fsp3) is 0.903. The lowest BCUT2D eigenvalue weighted by molar-refractivity contribution is -0.169. The second kappa shape index (κ2) is 10.5. The van der Waals surface area contributed by atoms with Crippen molar-refractivity contribution < 1.29 is 19.1 Å². The average molecular weight is 502 g/mol. The zero-order valence-corrected chi connectivity index (χ0v) is 23.7. The van der Waals surface area contributed by atoms with Gasteiger partial charge in [-0.25, -0.2) is 0 Å². The van der Waals surface area contributed by atoms with E-state index in [1.165, 1.54) is 32.1 Å². The summed E-state index contributed by atoms with van der Waals surface area (Å²) in [5, 5.41) is 0. The van der Waals surface area contributed by atoms with Gasteiger partial charge in [0.25, 0.3) is 0 Å². The quantitative estimate of drug-likeness (QED) is 0.405. The molecule has 5 heteroatoms. The summed E-state index contributed by atoms with van der Waals surface area (Å²) < 4.78 is 6.14. The molecule has 0 spiro atoms. The number of carbonyl (C=O) groups is 3. The number of fused-ring (bicyclic) bond motifs is 5. The molecule has 5 nitrogen and oxygen atoms in total. The first-order chi connectivity index (χ1) is 16.9. The maximum Gasteiger partial charge on any atom is 0.309 e. The van der Waals surface area contributed by atoms with Gasteiger partial charge in [0.2, 0.25) is 0 Å². The molecule has 0 bridgehead atoms. The van der Waals surface area contributed by atoms with Gasteiger partial charge in [-0.2, -0.15) is 0 Å². The molecular weight excluding hydrogens is 450 g/mol. The molecule has 11 atom stereocenters. The number of esters is 1. The molecule has 2 N–H and O–H groups in total. The Morgan fingerprint density at radius 2 is 1.61 bits per heavy atom. The molecule has 1 unspecified atom stereocenters. The van der Waals surface area contributed by atoms with Gasteiger partial charge in [0.1, 0.15) is 17.7 Å². The van der Waals surface area contributed by atoms with Crippen molar-refractivity contribution >= 4 is 17.5 Å². The molecule has 4 aliphatic rings. The van der Waals surface area contributed by atoms with Crippen LogP contribution in [-0.4, -0.2) is 29.7 Å². The molecule has 0 amide bonds. The molecule has 0 radical (unpaired) electrons. The first kappa shape index (κ1) is 27.8. The van der Waals surface area contributed by atoms with Gasteiger partial charge in [0, 0.05) is 12.3 Å². The summed E-state index contributed by atoms with van der Waals surface area (Å²) in [6.45, 7) is 12.5. The normalized spacial score (nSPS) is 42.3. The number of hydrogen-bond acceptors (Lipinski definition) is 5. The van der Waals surface area contributed by atoms with E-state index < -0.39 is 12.0 Å². The Hall–Kier alpha value is -1.23. The summed E-state index contributed by atoms with van der Waals surface area (Å²) in [6.07, 6.45) is 11.2. The first-order valence-corrected chi connectivity index (χ1v) is 14.9. The lowest BCUT2D eigenvalue weighted by Gasteiger charge is -2.61. The van der Waals surface area contributed by atoms with Gasteiger partial charge >= 0.3 is 5.97 Å². The van der Waals surface area contributed by atoms with E-state index in [1.807, 2.05) is 13.8 Å². The summed E-state index contributed by atoms with van der Waals surface area (Å²) >= 11 is 0. The Labute approximate surface area is 219 Å². The van der Waals surface area contributed by atoms with E-state index in [9.17, 15) is 14.4 Å². The lowest BCUT2D eigenvalue weighted by atomic mass is 9.44. The number of Topliss-reactive ketones (excluding diaryl/α,β-unsaturated/α-hetero) is 2. The molecule has 0 aromatic heterocycles. The third kappa shape index (κ3) is 4.83. The molecule has 0 aromatic carbocycles. The molecule has 4 saturated carbocycles. The fourth-order valence-electron chi connectivity index (χ4n) is 9.45. The maximum absolute atomic E-state index is 13.2. The van der Waals surface area contributed by atoms with E-state index in [-0.39, 0.29) is 41.5 Å². The van der Waals surface area contributed by atoms with Crippen molar-refractivity contribution in [3.05, 3.63) is 0 Å². The number of hydrogen-bond donors (Lipinski definition) is 1. The van der Waals surface area contributed by atoms with Crippen LogP contribution in [0.15, 0.2) is 0 Å². The molecule has 0 aliphatic heterocycles. The lowest BCUT2D eigenvalue weighted by Crippen LogP contribution is -2.54. The van der Waals surface area contributed by atoms with E-state index in [0.717, 1.165) is 43.9 Å². The van der Waals surface area contributed by atoms with Crippen LogP contribution in [0, 0.1) is 52.3 Å². The van der Waals surface area contributed by atoms with Crippen LogP contribution in [0.25, 0.3) is 0 Å². The predicted molar refractivity (Wildman–Crippen MR) is 142 cm³/mol. The van der Waals surface area contributed by atoms with E-state index in [4.69, 9.17) is 10.5 Å². The molecule has 36 heavy (non-hydrogen) atoms. The zero-order chi connectivity index (χ0) is 26.4. The van der Waals surface area contributed by atoms with Gasteiger partial charge in [0.15, 0.2) is 0 Å². The van der Waals surface area contributed by atoms with Crippen molar-refractivity contribution in [2.45, 2.75) is 124 Å². The minimum absolute atomic E-state index is 0.0356. The molecule has 0 heterocycles. The van der Waals surface area contributed by atoms with Crippen LogP contribution in [0.5, 0.6) is 0 Å². The molecule has 4 fully saturated rings. The highest BCUT2D eigenvalue weighted by Crippen LogP contribution is 2.67. The number of ether oxygens (including phenoxy) is 1. The standard InChI is InChI=1S/C31H51NO4/c1-7-18(2)24(17-28(34)19(3)32)29(35)36-22-12-14-30(5)21(16-22)8-9-23-26-11-10-25(20(4)33)31(26,6)15-13-27(23)30/h18-19,21-27H,7-17,32H2,1-6H3/t18?,19-,21-,22+,23-,24-,25+,26-,27-,30-,31+/m0/s1. The van der Waals surface area contributed by atoms with Gasteiger partial charge in [-0.15, -0.1) is 0 Å². The number of ketones is 2. The van der Waals surface area contributed by atoms with Gasteiger partial charge in [-0.1, -0.05) is 34.1 Å². The van der Waals surface area contributed by atoms with Crippen molar-refractivity contribution in [1.29, 1.82) is 0 Å². The van der Waals surface area contributed by atoms with Crippen LogP contribution in [-0.2, 0) is 19.1 Å². The third-order valence-electron chi connectivity index (χ3n) is 12.0. The average Bonchev–Trinajstić information content (AvgIpc) is 3.19. The number of rotatable bonds is 8. The smallest absolute Gasteiger partial charge is 0.309 e. The summed E-state index contributed by atoms with van der Waals surface area (Å²) in [5.74, 6) is 2.86. The maximum atomic E-state index is 13.2. The van der Waals surface area contributed by atoms with Crippen LogP contribution in [0.1, 0.15) is 112 Å². The van der Waals surface area contributed by atoms with Crippen molar-refractivity contribution in [3.8, 4) is 0 Å². The van der Waals surface area contributed by atoms with Crippen LogP contribution in [0.4, 0.5) is 0 Å². The second-order valence-electron chi connectivity index (χ2n) is 13.7. The van der Waals surface area contributed by atoms with E-state index >= 15 is 0 Å². The molecule has 0 aromatic rings. The highest BCUT2D eigenvalue weighted by atomic mass is 16.5. The minimum atomic E-state index is -0.544. The van der Waals surface area contributed by atoms with Crippen molar-refractivity contribution in [1.82, 2.24) is 0 Å². The monoisotopic (exact) mass is 501 g/mol. The number of nitrogens with two attached hydrogens (primary N) is 1. The Bertz CT molecular complexity index is 854. The predicted octanol–water partition coefficient (Wildman–Crippen LogP) is 6.11. The van der Waals surface area contributed by atoms with Gasteiger partial charge in [-0.05, 0) is 112 Å². The Morgan fingerprint density at radius 3 is 2.25 bits per heavy atom. The van der Waals surface area contributed by atoms with Crippen molar-refractivity contribution in [2.24, 2.45) is 58.0 Å². The van der Waals surface area contributed by atoms with Crippen LogP contribution < -0.4 is 5.73 Å². The van der Waals surface area contributed by atoms with E-state index in [2.05, 4.69) is 20.8 Å². The van der Waals surface area contributed by atoms with Crippen molar-refractivity contribution in [3.63, 3.8) is 0 Å². The van der Waals surface area contributed by atoms with Crippen LogP contribution >= 0.6 is 0 Å². The fourth-order valence-corrected chi connectivity index (χ4v) is 9.45. The Balaban J connectivity index is 1.42. The Morgan fingerprint density at radius 1 is 0.944 bits per heavy atom. The number of carbonyl (C=O) groups excluding carboxylic acids is 3.